The van der Waals surface area contributed by atoms with Crippen LogP contribution >= 0.6 is 0 Å². The van der Waals surface area contributed by atoms with Crippen LogP contribution in [0.1, 0.15) is 71.6 Å². The number of rotatable bonds is 1. The van der Waals surface area contributed by atoms with Gasteiger partial charge < -0.3 is 10.2 Å². The molecule has 8 unspecified atom stereocenters. The van der Waals surface area contributed by atoms with Crippen LogP contribution in [0, 0.1) is 40.9 Å². The maximum atomic E-state index is 10.2. The maximum Gasteiger partial charge on any atom is 0.0545 e. The summed E-state index contributed by atoms with van der Waals surface area (Å²) in [6.45, 7) is 4.51. The van der Waals surface area contributed by atoms with Crippen molar-refractivity contribution in [3.05, 3.63) is 0 Å². The number of hydrogen-bond acceptors (Lipinski definition) is 2. The predicted octanol–water partition coefficient (Wildman–Crippen LogP) is 4.00. The molecule has 0 amide bonds. The molecule has 4 aliphatic rings. The minimum atomic E-state index is -0.132. The third-order valence-electron chi connectivity index (χ3n) is 8.58. The molecule has 4 aliphatic carbocycles. The van der Waals surface area contributed by atoms with Crippen molar-refractivity contribution in [2.24, 2.45) is 40.9 Å². The van der Waals surface area contributed by atoms with Crippen LogP contribution in [0.5, 0.6) is 0 Å². The molecule has 0 saturated heterocycles. The normalized spacial score (nSPS) is 55.9. The van der Waals surface area contributed by atoms with Gasteiger partial charge in [-0.3, -0.25) is 0 Å². The van der Waals surface area contributed by atoms with Crippen molar-refractivity contribution in [3.8, 4) is 0 Å². The second-order valence-electron chi connectivity index (χ2n) is 9.37. The van der Waals surface area contributed by atoms with E-state index in [0.29, 0.717) is 11.3 Å². The summed E-state index contributed by atoms with van der Waals surface area (Å²) in [5.41, 5.74) is 0.399. The first-order valence-electron chi connectivity index (χ1n) is 9.87. The molecule has 0 aromatic rings. The fraction of sp³-hybridized carbons (Fsp3) is 1.00. The highest BCUT2D eigenvalue weighted by molar-refractivity contribution is 5.06. The molecule has 2 nitrogen and oxygen atoms in total. The van der Waals surface area contributed by atoms with Crippen molar-refractivity contribution in [1.29, 1.82) is 0 Å². The fourth-order valence-corrected chi connectivity index (χ4v) is 7.66. The summed E-state index contributed by atoms with van der Waals surface area (Å²) in [4.78, 5) is 0. The van der Waals surface area contributed by atoms with Crippen molar-refractivity contribution < 1.29 is 10.2 Å². The summed E-state index contributed by atoms with van der Waals surface area (Å²) in [7, 11) is 0. The molecule has 4 rings (SSSR count). The fourth-order valence-electron chi connectivity index (χ4n) is 7.66. The van der Waals surface area contributed by atoms with Gasteiger partial charge in [0, 0.05) is 0 Å². The molecule has 0 spiro atoms. The molecule has 4 saturated carbocycles. The highest BCUT2D eigenvalue weighted by Gasteiger charge is 2.57. The quantitative estimate of drug-likeness (QED) is 0.769. The van der Waals surface area contributed by atoms with E-state index in [1.54, 1.807) is 0 Å². The third kappa shape index (κ3) is 2.20. The van der Waals surface area contributed by atoms with Gasteiger partial charge in [-0.2, -0.15) is 0 Å². The van der Waals surface area contributed by atoms with E-state index in [1.165, 1.54) is 44.9 Å². The lowest BCUT2D eigenvalue weighted by Crippen LogP contribution is -2.49. The van der Waals surface area contributed by atoms with Gasteiger partial charge in [0.05, 0.1) is 12.2 Å². The molecule has 0 heterocycles. The van der Waals surface area contributed by atoms with Gasteiger partial charge in [0.1, 0.15) is 0 Å². The Kier molecular flexibility index (Phi) is 3.85. The lowest BCUT2D eigenvalue weighted by atomic mass is 9.49. The Labute approximate surface area is 135 Å². The molecule has 0 aromatic heterocycles. The maximum absolute atomic E-state index is 10.2. The molecular formula is C20H34O2. The molecular weight excluding hydrogens is 272 g/mol. The summed E-state index contributed by atoms with van der Waals surface area (Å²) < 4.78 is 0. The highest BCUT2D eigenvalue weighted by atomic mass is 16.3. The lowest BCUT2D eigenvalue weighted by Gasteiger charge is -2.56. The summed E-state index contributed by atoms with van der Waals surface area (Å²) in [5.74, 6) is 4.94. The van der Waals surface area contributed by atoms with Crippen LogP contribution in [0.3, 0.4) is 0 Å². The van der Waals surface area contributed by atoms with Crippen LogP contribution in [-0.4, -0.2) is 22.4 Å². The van der Waals surface area contributed by atoms with Gasteiger partial charge >= 0.3 is 0 Å². The first kappa shape index (κ1) is 15.4. The summed E-state index contributed by atoms with van der Waals surface area (Å²) >= 11 is 0. The second kappa shape index (κ2) is 5.48. The first-order valence-corrected chi connectivity index (χ1v) is 9.87. The van der Waals surface area contributed by atoms with Gasteiger partial charge in [0.25, 0.3) is 0 Å². The molecule has 2 heteroatoms. The van der Waals surface area contributed by atoms with Crippen LogP contribution in [0.2, 0.25) is 0 Å². The smallest absolute Gasteiger partial charge is 0.0545 e. The third-order valence-corrected chi connectivity index (χ3v) is 8.58. The average molecular weight is 306 g/mol. The van der Waals surface area contributed by atoms with Crippen molar-refractivity contribution in [2.75, 3.05) is 0 Å². The zero-order valence-corrected chi connectivity index (χ0v) is 14.4. The number of fused-ring (bicyclic) bond motifs is 5. The predicted molar refractivity (Wildman–Crippen MR) is 88.3 cm³/mol. The molecule has 126 valence electrons. The monoisotopic (exact) mass is 306 g/mol. The topological polar surface area (TPSA) is 40.5 Å². The van der Waals surface area contributed by atoms with E-state index in [-0.39, 0.29) is 12.2 Å². The Morgan fingerprint density at radius 1 is 0.909 bits per heavy atom. The number of aliphatic hydroxyl groups excluding tert-OH is 2. The van der Waals surface area contributed by atoms with Gasteiger partial charge in [-0.15, -0.1) is 0 Å². The van der Waals surface area contributed by atoms with Crippen molar-refractivity contribution in [1.82, 2.24) is 0 Å². The van der Waals surface area contributed by atoms with E-state index in [1.807, 2.05) is 6.92 Å². The zero-order valence-electron chi connectivity index (χ0n) is 14.4. The van der Waals surface area contributed by atoms with Gasteiger partial charge in [0.15, 0.2) is 0 Å². The van der Waals surface area contributed by atoms with Crippen molar-refractivity contribution in [3.63, 3.8) is 0 Å². The molecule has 0 aromatic carbocycles. The van der Waals surface area contributed by atoms with E-state index in [0.717, 1.165) is 42.4 Å². The Morgan fingerprint density at radius 3 is 2.45 bits per heavy atom. The van der Waals surface area contributed by atoms with Gasteiger partial charge in [0.2, 0.25) is 0 Å². The van der Waals surface area contributed by atoms with Crippen LogP contribution < -0.4 is 0 Å². The van der Waals surface area contributed by atoms with Crippen molar-refractivity contribution >= 4 is 0 Å². The Balaban J connectivity index is 1.55. The van der Waals surface area contributed by atoms with E-state index in [4.69, 9.17) is 0 Å². The zero-order chi connectivity index (χ0) is 15.5. The highest BCUT2D eigenvalue weighted by Crippen LogP contribution is 2.64. The van der Waals surface area contributed by atoms with Crippen LogP contribution in [0.25, 0.3) is 0 Å². The second-order valence-corrected chi connectivity index (χ2v) is 9.37. The lowest BCUT2D eigenvalue weighted by molar-refractivity contribution is -0.0886. The van der Waals surface area contributed by atoms with E-state index >= 15 is 0 Å². The Hall–Kier alpha value is -0.0800. The SMILES string of the molecule is CC(O)[C@H]1CCC2C3CCC4CC(O)CCC4C3CCC21C. The summed E-state index contributed by atoms with van der Waals surface area (Å²) in [5, 5.41) is 20.2. The molecule has 4 fully saturated rings. The minimum Gasteiger partial charge on any atom is -0.393 e. The van der Waals surface area contributed by atoms with Gasteiger partial charge in [-0.05, 0) is 106 Å². The van der Waals surface area contributed by atoms with Crippen LogP contribution in [0.15, 0.2) is 0 Å². The average Bonchev–Trinajstić information content (AvgIpc) is 2.84. The summed E-state index contributed by atoms with van der Waals surface area (Å²) in [6.07, 6.45) is 11.3. The molecule has 2 N–H and O–H groups in total. The van der Waals surface area contributed by atoms with Crippen molar-refractivity contribution in [2.45, 2.75) is 83.8 Å². The minimum absolute atomic E-state index is 0.0160. The molecule has 22 heavy (non-hydrogen) atoms. The van der Waals surface area contributed by atoms with Crippen LogP contribution in [0.4, 0.5) is 0 Å². The molecule has 9 atom stereocenters. The van der Waals surface area contributed by atoms with Gasteiger partial charge in [-0.1, -0.05) is 6.92 Å². The number of aliphatic hydroxyl groups is 2. The largest absolute Gasteiger partial charge is 0.393 e. The van der Waals surface area contributed by atoms with Crippen LogP contribution in [-0.2, 0) is 0 Å². The van der Waals surface area contributed by atoms with E-state index in [9.17, 15) is 10.2 Å². The number of hydrogen-bond donors (Lipinski definition) is 2. The molecule has 0 bridgehead atoms. The van der Waals surface area contributed by atoms with Gasteiger partial charge in [-0.25, -0.2) is 0 Å². The standard InChI is InChI=1S/C20H34O2/c1-12(21)18-7-8-19-17-5-3-13-11-14(22)4-6-15(13)16(17)9-10-20(18,19)2/h12-19,21-22H,3-11H2,1-2H3/t12?,13?,14?,15?,16?,17?,18-,19?,20?/m1/s1. The first-order chi connectivity index (χ1) is 10.5. The molecule has 0 radical (unpaired) electrons. The Bertz CT molecular complexity index is 420. The van der Waals surface area contributed by atoms with E-state index in [2.05, 4.69) is 6.92 Å². The Morgan fingerprint density at radius 2 is 1.68 bits per heavy atom. The summed E-state index contributed by atoms with van der Waals surface area (Å²) in [6, 6.07) is 0. The molecule has 0 aliphatic heterocycles. The van der Waals surface area contributed by atoms with E-state index < -0.39 is 0 Å².